The standard InChI is InChI=1S/C30H29ClN4O4/c1-38-25-10-5-9-24(17-25)35-19-27(21-12-14-23(31)15-13-21)32-30(35)33-28(36)20-34(18-26-11-6-16-39-26)29(37)22-7-3-2-4-8-22/h2-5,7-10,12-15,17,19,26H,6,11,16,18,20H2,1H3,(H,32,33,36)/t26-/m1/s1. The van der Waals surface area contributed by atoms with Crippen molar-refractivity contribution in [2.24, 2.45) is 0 Å². The van der Waals surface area contributed by atoms with Crippen LogP contribution in [0.5, 0.6) is 5.75 Å². The van der Waals surface area contributed by atoms with Crippen molar-refractivity contribution in [1.29, 1.82) is 0 Å². The summed E-state index contributed by atoms with van der Waals surface area (Å²) in [4.78, 5) is 33.0. The number of anilines is 1. The summed E-state index contributed by atoms with van der Waals surface area (Å²) in [5.74, 6) is 0.402. The maximum Gasteiger partial charge on any atom is 0.254 e. The summed E-state index contributed by atoms with van der Waals surface area (Å²) in [5.41, 5.74) is 2.78. The van der Waals surface area contributed by atoms with Crippen LogP contribution < -0.4 is 10.1 Å². The monoisotopic (exact) mass is 544 g/mol. The summed E-state index contributed by atoms with van der Waals surface area (Å²) < 4.78 is 12.9. The van der Waals surface area contributed by atoms with Crippen LogP contribution in [0.25, 0.3) is 16.9 Å². The number of hydrogen-bond acceptors (Lipinski definition) is 5. The van der Waals surface area contributed by atoms with E-state index in [9.17, 15) is 9.59 Å². The number of hydrogen-bond donors (Lipinski definition) is 1. The van der Waals surface area contributed by atoms with Crippen LogP contribution in [-0.2, 0) is 9.53 Å². The van der Waals surface area contributed by atoms with Crippen LogP contribution >= 0.6 is 11.6 Å². The first-order valence-corrected chi connectivity index (χ1v) is 13.1. The van der Waals surface area contributed by atoms with Crippen molar-refractivity contribution in [3.63, 3.8) is 0 Å². The summed E-state index contributed by atoms with van der Waals surface area (Å²) in [6.07, 6.45) is 3.54. The molecule has 8 nitrogen and oxygen atoms in total. The molecule has 4 aromatic rings. The molecule has 3 aromatic carbocycles. The number of carbonyl (C=O) groups is 2. The van der Waals surface area contributed by atoms with Gasteiger partial charge in [0.15, 0.2) is 0 Å². The Kier molecular flexibility index (Phi) is 8.24. The van der Waals surface area contributed by atoms with E-state index < -0.39 is 0 Å². The van der Waals surface area contributed by atoms with Gasteiger partial charge in [0.2, 0.25) is 11.9 Å². The molecule has 1 aliphatic rings. The quantitative estimate of drug-likeness (QED) is 0.302. The fourth-order valence-corrected chi connectivity index (χ4v) is 4.67. The van der Waals surface area contributed by atoms with Crippen LogP contribution in [0.1, 0.15) is 23.2 Å². The van der Waals surface area contributed by atoms with E-state index >= 15 is 0 Å². The van der Waals surface area contributed by atoms with Crippen LogP contribution in [0, 0.1) is 0 Å². The van der Waals surface area contributed by atoms with Gasteiger partial charge in [0.25, 0.3) is 5.91 Å². The van der Waals surface area contributed by atoms with Crippen molar-refractivity contribution < 1.29 is 19.1 Å². The van der Waals surface area contributed by atoms with Crippen LogP contribution in [0.2, 0.25) is 5.02 Å². The Hall–Kier alpha value is -4.14. The Bertz CT molecular complexity index is 1430. The summed E-state index contributed by atoms with van der Waals surface area (Å²) in [6, 6.07) is 23.7. The number of methoxy groups -OCH3 is 1. The Labute approximate surface area is 232 Å². The van der Waals surface area contributed by atoms with E-state index in [1.165, 1.54) is 0 Å². The van der Waals surface area contributed by atoms with Crippen molar-refractivity contribution in [3.05, 3.63) is 95.6 Å². The predicted molar refractivity (Wildman–Crippen MR) is 151 cm³/mol. The van der Waals surface area contributed by atoms with E-state index in [1.54, 1.807) is 53.0 Å². The molecule has 0 spiro atoms. The molecule has 39 heavy (non-hydrogen) atoms. The number of ether oxygens (including phenoxy) is 2. The number of nitrogens with zero attached hydrogens (tertiary/aromatic N) is 3. The smallest absolute Gasteiger partial charge is 0.254 e. The van der Waals surface area contributed by atoms with Gasteiger partial charge in [0.05, 0.1) is 24.6 Å². The first-order valence-electron chi connectivity index (χ1n) is 12.8. The van der Waals surface area contributed by atoms with Gasteiger partial charge in [-0.05, 0) is 49.2 Å². The summed E-state index contributed by atoms with van der Waals surface area (Å²) in [7, 11) is 1.60. The lowest BCUT2D eigenvalue weighted by Gasteiger charge is -2.25. The molecule has 0 radical (unpaired) electrons. The van der Waals surface area contributed by atoms with Gasteiger partial charge in [-0.1, -0.05) is 48.0 Å². The van der Waals surface area contributed by atoms with Gasteiger partial charge in [0, 0.05) is 41.6 Å². The molecule has 1 fully saturated rings. The molecule has 0 bridgehead atoms. The first-order chi connectivity index (χ1) is 19.0. The predicted octanol–water partition coefficient (Wildman–Crippen LogP) is 5.46. The normalized spacial score (nSPS) is 14.7. The molecule has 0 unspecified atom stereocenters. The fraction of sp³-hybridized carbons (Fsp3) is 0.233. The van der Waals surface area contributed by atoms with Gasteiger partial charge in [-0.3, -0.25) is 19.5 Å². The zero-order chi connectivity index (χ0) is 27.2. The number of halogens is 1. The van der Waals surface area contributed by atoms with E-state index in [0.29, 0.717) is 41.1 Å². The first kappa shape index (κ1) is 26.5. The number of amides is 2. The third-order valence-electron chi connectivity index (χ3n) is 6.52. The largest absolute Gasteiger partial charge is 0.497 e. The zero-order valence-corrected chi connectivity index (χ0v) is 22.3. The third-order valence-corrected chi connectivity index (χ3v) is 6.77. The number of carbonyl (C=O) groups excluding carboxylic acids is 2. The lowest BCUT2D eigenvalue weighted by Crippen LogP contribution is -2.42. The highest BCUT2D eigenvalue weighted by molar-refractivity contribution is 6.30. The number of aromatic nitrogens is 2. The van der Waals surface area contributed by atoms with Crippen molar-refractivity contribution in [2.45, 2.75) is 18.9 Å². The van der Waals surface area contributed by atoms with Crippen LogP contribution in [0.4, 0.5) is 5.95 Å². The highest BCUT2D eigenvalue weighted by Gasteiger charge is 2.26. The molecule has 5 rings (SSSR count). The molecule has 200 valence electrons. The minimum Gasteiger partial charge on any atom is -0.497 e. The van der Waals surface area contributed by atoms with Gasteiger partial charge in [-0.25, -0.2) is 4.98 Å². The maximum absolute atomic E-state index is 13.4. The molecule has 9 heteroatoms. The van der Waals surface area contributed by atoms with Crippen molar-refractivity contribution in [3.8, 4) is 22.7 Å². The number of nitrogens with one attached hydrogen (secondary N) is 1. The molecule has 1 atom stereocenters. The number of benzene rings is 3. The van der Waals surface area contributed by atoms with Gasteiger partial charge >= 0.3 is 0 Å². The minimum absolute atomic E-state index is 0.0965. The average Bonchev–Trinajstić information content (AvgIpc) is 3.63. The van der Waals surface area contributed by atoms with Gasteiger partial charge in [-0.15, -0.1) is 0 Å². The van der Waals surface area contributed by atoms with Gasteiger partial charge < -0.3 is 14.4 Å². The molecule has 2 amide bonds. The molecular formula is C30H29ClN4O4. The van der Waals surface area contributed by atoms with Crippen LogP contribution in [0.3, 0.4) is 0 Å². The highest BCUT2D eigenvalue weighted by Crippen LogP contribution is 2.27. The van der Waals surface area contributed by atoms with E-state index in [2.05, 4.69) is 5.32 Å². The Morgan fingerprint density at radius 2 is 1.90 bits per heavy atom. The second-order valence-electron chi connectivity index (χ2n) is 9.26. The lowest BCUT2D eigenvalue weighted by molar-refractivity contribution is -0.117. The fourth-order valence-electron chi connectivity index (χ4n) is 4.54. The Morgan fingerprint density at radius 1 is 1.10 bits per heavy atom. The molecule has 1 N–H and O–H groups in total. The zero-order valence-electron chi connectivity index (χ0n) is 21.5. The Morgan fingerprint density at radius 3 is 2.62 bits per heavy atom. The molecular weight excluding hydrogens is 516 g/mol. The molecule has 1 aromatic heterocycles. The van der Waals surface area contributed by atoms with Crippen molar-refractivity contribution >= 4 is 29.4 Å². The average molecular weight is 545 g/mol. The van der Waals surface area contributed by atoms with Crippen LogP contribution in [-0.4, -0.2) is 59.2 Å². The van der Waals surface area contributed by atoms with Crippen molar-refractivity contribution in [1.82, 2.24) is 14.5 Å². The van der Waals surface area contributed by atoms with E-state index in [0.717, 1.165) is 24.1 Å². The van der Waals surface area contributed by atoms with Gasteiger partial charge in [-0.2, -0.15) is 0 Å². The third kappa shape index (κ3) is 6.47. The van der Waals surface area contributed by atoms with Crippen molar-refractivity contribution in [2.75, 3.05) is 32.1 Å². The van der Waals surface area contributed by atoms with E-state index in [1.807, 2.05) is 48.7 Å². The number of imidazole rings is 1. The topological polar surface area (TPSA) is 85.7 Å². The molecule has 2 heterocycles. The summed E-state index contributed by atoms with van der Waals surface area (Å²) in [5, 5.41) is 3.54. The lowest BCUT2D eigenvalue weighted by atomic mass is 10.1. The molecule has 1 aliphatic heterocycles. The summed E-state index contributed by atoms with van der Waals surface area (Å²) in [6.45, 7) is 0.853. The second kappa shape index (κ2) is 12.1. The minimum atomic E-state index is -0.366. The SMILES string of the molecule is COc1cccc(-n2cc(-c3ccc(Cl)cc3)nc2NC(=O)CN(C[C@H]2CCCO2)C(=O)c2ccccc2)c1. The highest BCUT2D eigenvalue weighted by atomic mass is 35.5. The summed E-state index contributed by atoms with van der Waals surface area (Å²) >= 11 is 6.08. The van der Waals surface area contributed by atoms with E-state index in [-0.39, 0.29) is 24.5 Å². The molecule has 1 saturated heterocycles. The Balaban J connectivity index is 1.42. The maximum atomic E-state index is 13.4. The van der Waals surface area contributed by atoms with E-state index in [4.69, 9.17) is 26.1 Å². The molecule has 0 aliphatic carbocycles. The molecule has 0 saturated carbocycles. The van der Waals surface area contributed by atoms with Gasteiger partial charge in [0.1, 0.15) is 12.3 Å². The van der Waals surface area contributed by atoms with Crippen LogP contribution in [0.15, 0.2) is 85.1 Å². The number of rotatable bonds is 9. The second-order valence-corrected chi connectivity index (χ2v) is 9.70.